The molecule has 1 heterocycles. The zero-order chi connectivity index (χ0) is 10.2. The summed E-state index contributed by atoms with van der Waals surface area (Å²) < 4.78 is 0. The van der Waals surface area contributed by atoms with Crippen LogP contribution in [0.3, 0.4) is 0 Å². The maximum absolute atomic E-state index is 9.51. The topological polar surface area (TPSA) is 32.3 Å². The lowest BCUT2D eigenvalue weighted by molar-refractivity contribution is 0.186. The van der Waals surface area contributed by atoms with Crippen LogP contribution < -0.4 is 5.32 Å². The third-order valence-electron chi connectivity index (χ3n) is 2.84. The third-order valence-corrected chi connectivity index (χ3v) is 3.17. The smallest absolute Gasteiger partial charge is 0.0685 e. The minimum atomic E-state index is -0.267. The highest BCUT2D eigenvalue weighted by Gasteiger charge is 2.36. The van der Waals surface area contributed by atoms with Gasteiger partial charge in [0, 0.05) is 17.1 Å². The molecule has 3 heteroatoms. The predicted molar refractivity (Wildman–Crippen MR) is 57.4 cm³/mol. The Balaban J connectivity index is 2.35. The lowest BCUT2D eigenvalue weighted by Gasteiger charge is -2.25. The average molecular weight is 212 g/mol. The fourth-order valence-corrected chi connectivity index (χ4v) is 2.42. The molecule has 1 fully saturated rings. The molecule has 1 saturated heterocycles. The van der Waals surface area contributed by atoms with E-state index in [-0.39, 0.29) is 11.6 Å². The van der Waals surface area contributed by atoms with E-state index in [1.165, 1.54) is 0 Å². The Labute approximate surface area is 88.9 Å². The van der Waals surface area contributed by atoms with Gasteiger partial charge in [-0.1, -0.05) is 29.8 Å². The molecule has 0 saturated carbocycles. The van der Waals surface area contributed by atoms with Gasteiger partial charge in [0.05, 0.1) is 6.10 Å². The maximum atomic E-state index is 9.51. The van der Waals surface area contributed by atoms with Crippen LogP contribution in [0.1, 0.15) is 18.9 Å². The number of aliphatic hydroxyl groups excluding tert-OH is 1. The van der Waals surface area contributed by atoms with Crippen molar-refractivity contribution < 1.29 is 5.11 Å². The molecule has 2 rings (SSSR count). The Hall–Kier alpha value is -0.570. The van der Waals surface area contributed by atoms with Gasteiger partial charge in [-0.3, -0.25) is 0 Å². The van der Waals surface area contributed by atoms with Crippen molar-refractivity contribution in [1.29, 1.82) is 0 Å². The lowest BCUT2D eigenvalue weighted by atomic mass is 9.90. The van der Waals surface area contributed by atoms with Crippen LogP contribution in [0, 0.1) is 0 Å². The largest absolute Gasteiger partial charge is 0.392 e. The number of halogens is 1. The zero-order valence-electron chi connectivity index (χ0n) is 8.13. The summed E-state index contributed by atoms with van der Waals surface area (Å²) in [6, 6.07) is 7.78. The standard InChI is InChI=1S/C11H14ClNO/c1-11(6-8(14)7-13-11)9-4-2-3-5-10(9)12/h2-5,8,13-14H,6-7H2,1H3. The van der Waals surface area contributed by atoms with Crippen molar-refractivity contribution in [3.63, 3.8) is 0 Å². The zero-order valence-corrected chi connectivity index (χ0v) is 8.88. The molecule has 0 aromatic heterocycles. The van der Waals surface area contributed by atoms with Gasteiger partial charge in [0.1, 0.15) is 0 Å². The van der Waals surface area contributed by atoms with Gasteiger partial charge in [0.25, 0.3) is 0 Å². The molecule has 2 nitrogen and oxygen atoms in total. The molecular weight excluding hydrogens is 198 g/mol. The highest BCUT2D eigenvalue weighted by atomic mass is 35.5. The quantitative estimate of drug-likeness (QED) is 0.744. The molecule has 1 aromatic carbocycles. The number of aliphatic hydroxyl groups is 1. The molecule has 0 radical (unpaired) electrons. The van der Waals surface area contributed by atoms with Crippen molar-refractivity contribution in [2.45, 2.75) is 25.0 Å². The van der Waals surface area contributed by atoms with Gasteiger partial charge < -0.3 is 10.4 Å². The number of nitrogens with one attached hydrogen (secondary N) is 1. The van der Waals surface area contributed by atoms with Gasteiger partial charge in [-0.25, -0.2) is 0 Å². The summed E-state index contributed by atoms with van der Waals surface area (Å²) >= 11 is 6.12. The van der Waals surface area contributed by atoms with E-state index in [2.05, 4.69) is 12.2 Å². The van der Waals surface area contributed by atoms with Crippen LogP contribution in [0.5, 0.6) is 0 Å². The van der Waals surface area contributed by atoms with Gasteiger partial charge in [-0.15, -0.1) is 0 Å². The van der Waals surface area contributed by atoms with Crippen molar-refractivity contribution in [2.75, 3.05) is 6.54 Å². The molecule has 0 bridgehead atoms. The van der Waals surface area contributed by atoms with E-state index in [4.69, 9.17) is 11.6 Å². The third kappa shape index (κ3) is 1.65. The monoisotopic (exact) mass is 211 g/mol. The van der Waals surface area contributed by atoms with E-state index in [0.29, 0.717) is 6.54 Å². The Morgan fingerprint density at radius 3 is 2.79 bits per heavy atom. The van der Waals surface area contributed by atoms with E-state index in [9.17, 15) is 5.11 Å². The summed E-state index contributed by atoms with van der Waals surface area (Å²) in [5, 5.41) is 13.6. The summed E-state index contributed by atoms with van der Waals surface area (Å²) in [5.74, 6) is 0. The van der Waals surface area contributed by atoms with Crippen LogP contribution in [-0.2, 0) is 5.54 Å². The van der Waals surface area contributed by atoms with E-state index in [1.807, 2.05) is 24.3 Å². The van der Waals surface area contributed by atoms with E-state index in [1.54, 1.807) is 0 Å². The number of β-amino-alcohol motifs (C(OH)–C–C–N with tert-alkyl or cyclic N) is 1. The Morgan fingerprint density at radius 1 is 1.50 bits per heavy atom. The van der Waals surface area contributed by atoms with Crippen LogP contribution in [0.25, 0.3) is 0 Å². The van der Waals surface area contributed by atoms with Crippen LogP contribution in [0.2, 0.25) is 5.02 Å². The van der Waals surface area contributed by atoms with Crippen molar-refractivity contribution in [3.05, 3.63) is 34.9 Å². The summed E-state index contributed by atoms with van der Waals surface area (Å²) in [7, 11) is 0. The molecule has 2 unspecified atom stereocenters. The minimum Gasteiger partial charge on any atom is -0.392 e. The normalized spacial score (nSPS) is 32.1. The molecule has 14 heavy (non-hydrogen) atoms. The van der Waals surface area contributed by atoms with E-state index < -0.39 is 0 Å². The van der Waals surface area contributed by atoms with Crippen LogP contribution in [-0.4, -0.2) is 17.8 Å². The summed E-state index contributed by atoms with van der Waals surface area (Å²) in [6.07, 6.45) is 0.452. The molecule has 2 atom stereocenters. The second kappa shape index (κ2) is 3.54. The van der Waals surface area contributed by atoms with Gasteiger partial charge in [-0.2, -0.15) is 0 Å². The first kappa shape index (κ1) is 9.97. The van der Waals surface area contributed by atoms with E-state index in [0.717, 1.165) is 17.0 Å². The van der Waals surface area contributed by atoms with Crippen molar-refractivity contribution in [1.82, 2.24) is 5.32 Å². The predicted octanol–water partition coefficient (Wildman–Crippen LogP) is 1.91. The van der Waals surface area contributed by atoms with Gasteiger partial charge >= 0.3 is 0 Å². The molecular formula is C11H14ClNO. The molecule has 1 aliphatic heterocycles. The molecule has 76 valence electrons. The van der Waals surface area contributed by atoms with Gasteiger partial charge in [-0.05, 0) is 25.0 Å². The SMILES string of the molecule is CC1(c2ccccc2Cl)CC(O)CN1. The first-order valence-electron chi connectivity index (χ1n) is 4.80. The molecule has 0 spiro atoms. The first-order chi connectivity index (χ1) is 6.62. The molecule has 0 amide bonds. The first-order valence-corrected chi connectivity index (χ1v) is 5.18. The molecule has 1 aromatic rings. The fraction of sp³-hybridized carbons (Fsp3) is 0.455. The van der Waals surface area contributed by atoms with Crippen LogP contribution >= 0.6 is 11.6 Å². The van der Waals surface area contributed by atoms with Gasteiger partial charge in [0.15, 0.2) is 0 Å². The van der Waals surface area contributed by atoms with Crippen LogP contribution in [0.15, 0.2) is 24.3 Å². The minimum absolute atomic E-state index is 0.183. The summed E-state index contributed by atoms with van der Waals surface area (Å²) in [6.45, 7) is 2.71. The Bertz CT molecular complexity index is 342. The maximum Gasteiger partial charge on any atom is 0.0685 e. The highest BCUT2D eigenvalue weighted by Crippen LogP contribution is 2.34. The Morgan fingerprint density at radius 2 is 2.21 bits per heavy atom. The Kier molecular flexibility index (Phi) is 2.52. The van der Waals surface area contributed by atoms with Crippen molar-refractivity contribution >= 4 is 11.6 Å². The highest BCUT2D eigenvalue weighted by molar-refractivity contribution is 6.31. The molecule has 1 aliphatic rings. The number of benzene rings is 1. The van der Waals surface area contributed by atoms with Crippen LogP contribution in [0.4, 0.5) is 0 Å². The van der Waals surface area contributed by atoms with E-state index >= 15 is 0 Å². The number of hydrogen-bond acceptors (Lipinski definition) is 2. The second-order valence-electron chi connectivity index (χ2n) is 4.05. The van der Waals surface area contributed by atoms with Crippen molar-refractivity contribution in [2.24, 2.45) is 0 Å². The lowest BCUT2D eigenvalue weighted by Crippen LogP contribution is -2.33. The summed E-state index contributed by atoms with van der Waals surface area (Å²) in [5.41, 5.74) is 0.885. The second-order valence-corrected chi connectivity index (χ2v) is 4.46. The van der Waals surface area contributed by atoms with Crippen molar-refractivity contribution in [3.8, 4) is 0 Å². The molecule has 0 aliphatic carbocycles. The van der Waals surface area contributed by atoms with Gasteiger partial charge in [0.2, 0.25) is 0 Å². The number of rotatable bonds is 1. The summed E-state index contributed by atoms with van der Waals surface area (Å²) in [4.78, 5) is 0. The molecule has 2 N–H and O–H groups in total. The fourth-order valence-electron chi connectivity index (χ4n) is 2.07. The average Bonchev–Trinajstić information content (AvgIpc) is 2.48. The number of hydrogen-bond donors (Lipinski definition) is 2.